The monoisotopic (exact) mass is 248 g/mol. The van der Waals surface area contributed by atoms with Crippen LogP contribution in [0.2, 0.25) is 0 Å². The van der Waals surface area contributed by atoms with Crippen molar-refractivity contribution < 1.29 is 23.1 Å². The van der Waals surface area contributed by atoms with Gasteiger partial charge >= 0.3 is 6.18 Å². The Kier molecular flexibility index (Phi) is 3.82. The summed E-state index contributed by atoms with van der Waals surface area (Å²) in [5, 5.41) is 11.0. The minimum Gasteiger partial charge on any atom is -0.493 e. The van der Waals surface area contributed by atoms with Gasteiger partial charge in [-0.2, -0.15) is 13.2 Å². The van der Waals surface area contributed by atoms with E-state index in [2.05, 4.69) is 5.16 Å². The minimum absolute atomic E-state index is 0.0247. The van der Waals surface area contributed by atoms with Crippen molar-refractivity contribution in [3.63, 3.8) is 0 Å². The summed E-state index contributed by atoms with van der Waals surface area (Å²) in [6.45, 7) is 1.70. The van der Waals surface area contributed by atoms with E-state index in [4.69, 9.17) is 15.7 Å². The average molecular weight is 248 g/mol. The van der Waals surface area contributed by atoms with Gasteiger partial charge in [-0.05, 0) is 25.1 Å². The van der Waals surface area contributed by atoms with Crippen LogP contribution in [0.5, 0.6) is 5.75 Å². The second-order valence-electron chi connectivity index (χ2n) is 3.13. The fraction of sp³-hybridized carbons (Fsp3) is 0.300. The lowest BCUT2D eigenvalue weighted by atomic mass is 10.1. The molecule has 0 saturated carbocycles. The van der Waals surface area contributed by atoms with Gasteiger partial charge in [-0.25, -0.2) is 0 Å². The maximum atomic E-state index is 12.7. The van der Waals surface area contributed by atoms with Gasteiger partial charge < -0.3 is 15.7 Å². The van der Waals surface area contributed by atoms with Gasteiger partial charge in [0.05, 0.1) is 12.2 Å². The zero-order valence-electron chi connectivity index (χ0n) is 8.95. The van der Waals surface area contributed by atoms with Crippen LogP contribution in [0.4, 0.5) is 13.2 Å². The molecule has 0 heterocycles. The molecule has 7 heteroatoms. The number of hydrogen-bond acceptors (Lipinski definition) is 3. The molecular weight excluding hydrogens is 237 g/mol. The van der Waals surface area contributed by atoms with Gasteiger partial charge in [-0.1, -0.05) is 5.16 Å². The first-order valence-corrected chi connectivity index (χ1v) is 4.72. The van der Waals surface area contributed by atoms with E-state index in [1.165, 1.54) is 6.07 Å². The number of nitrogens with zero attached hydrogens (tertiary/aromatic N) is 1. The number of amidine groups is 1. The highest BCUT2D eigenvalue weighted by atomic mass is 19.4. The van der Waals surface area contributed by atoms with Crippen LogP contribution in [-0.2, 0) is 6.18 Å². The molecule has 0 aliphatic rings. The van der Waals surface area contributed by atoms with E-state index in [-0.39, 0.29) is 17.9 Å². The Morgan fingerprint density at radius 1 is 1.47 bits per heavy atom. The first-order chi connectivity index (χ1) is 7.90. The highest BCUT2D eigenvalue weighted by Crippen LogP contribution is 2.36. The fourth-order valence-electron chi connectivity index (χ4n) is 1.25. The van der Waals surface area contributed by atoms with Crippen molar-refractivity contribution in [2.75, 3.05) is 6.61 Å². The number of ether oxygens (including phenoxy) is 1. The lowest BCUT2D eigenvalue weighted by Gasteiger charge is -2.14. The minimum atomic E-state index is -4.56. The molecule has 4 nitrogen and oxygen atoms in total. The molecule has 3 N–H and O–H groups in total. The Morgan fingerprint density at radius 2 is 2.12 bits per heavy atom. The van der Waals surface area contributed by atoms with Crippen LogP contribution in [0.25, 0.3) is 0 Å². The molecule has 1 aromatic rings. The van der Waals surface area contributed by atoms with Crippen LogP contribution in [0.3, 0.4) is 0 Å². The molecule has 0 saturated heterocycles. The summed E-state index contributed by atoms with van der Waals surface area (Å²) in [6, 6.07) is 3.20. The van der Waals surface area contributed by atoms with Gasteiger partial charge in [0.1, 0.15) is 5.75 Å². The number of alkyl halides is 3. The standard InChI is InChI=1S/C10H11F3N2O2/c1-2-17-8-4-3-6(9(14)15-16)5-7(8)10(11,12)13/h3-5,16H,2H2,1H3,(H2,14,15). The van der Waals surface area contributed by atoms with E-state index in [0.717, 1.165) is 12.1 Å². The van der Waals surface area contributed by atoms with Crippen molar-refractivity contribution in [2.45, 2.75) is 13.1 Å². The molecule has 1 rings (SSSR count). The first-order valence-electron chi connectivity index (χ1n) is 4.72. The van der Waals surface area contributed by atoms with E-state index in [1.54, 1.807) is 6.92 Å². The number of oxime groups is 1. The Labute approximate surface area is 95.5 Å². The summed E-state index contributed by atoms with van der Waals surface area (Å²) < 4.78 is 43.0. The zero-order chi connectivity index (χ0) is 13.1. The maximum absolute atomic E-state index is 12.7. The second-order valence-corrected chi connectivity index (χ2v) is 3.13. The van der Waals surface area contributed by atoms with Gasteiger partial charge in [0, 0.05) is 5.56 Å². The van der Waals surface area contributed by atoms with Gasteiger partial charge in [-0.15, -0.1) is 0 Å². The Bertz CT molecular complexity index is 430. The number of benzene rings is 1. The molecule has 17 heavy (non-hydrogen) atoms. The second kappa shape index (κ2) is 4.94. The van der Waals surface area contributed by atoms with E-state index < -0.39 is 17.6 Å². The van der Waals surface area contributed by atoms with Crippen LogP contribution in [-0.4, -0.2) is 17.6 Å². The summed E-state index contributed by atoms with van der Waals surface area (Å²) >= 11 is 0. The summed E-state index contributed by atoms with van der Waals surface area (Å²) in [5.74, 6) is -0.673. The predicted molar refractivity (Wildman–Crippen MR) is 55.1 cm³/mol. The molecule has 1 aromatic carbocycles. The van der Waals surface area contributed by atoms with Crippen LogP contribution in [0.15, 0.2) is 23.4 Å². The first kappa shape index (κ1) is 13.1. The Hall–Kier alpha value is -1.92. The fourth-order valence-corrected chi connectivity index (χ4v) is 1.25. The van der Waals surface area contributed by atoms with Crippen LogP contribution >= 0.6 is 0 Å². The third-order valence-electron chi connectivity index (χ3n) is 1.99. The van der Waals surface area contributed by atoms with Gasteiger partial charge in [-0.3, -0.25) is 0 Å². The normalized spacial score (nSPS) is 12.6. The number of nitrogens with two attached hydrogens (primary N) is 1. The van der Waals surface area contributed by atoms with Gasteiger partial charge in [0.25, 0.3) is 0 Å². The number of rotatable bonds is 3. The topological polar surface area (TPSA) is 67.8 Å². The van der Waals surface area contributed by atoms with E-state index in [9.17, 15) is 13.2 Å². The SMILES string of the molecule is CCOc1ccc(/C(N)=N/O)cc1C(F)(F)F. The molecule has 0 spiro atoms. The third-order valence-corrected chi connectivity index (χ3v) is 1.99. The third kappa shape index (κ3) is 3.02. The van der Waals surface area contributed by atoms with Crippen molar-refractivity contribution in [2.24, 2.45) is 10.9 Å². The highest BCUT2D eigenvalue weighted by Gasteiger charge is 2.34. The summed E-state index contributed by atoms with van der Waals surface area (Å²) in [6.07, 6.45) is -4.56. The van der Waals surface area contributed by atoms with Crippen molar-refractivity contribution in [3.8, 4) is 5.75 Å². The average Bonchev–Trinajstić information content (AvgIpc) is 2.27. The summed E-state index contributed by atoms with van der Waals surface area (Å²) in [7, 11) is 0. The number of hydrogen-bond donors (Lipinski definition) is 2. The van der Waals surface area contributed by atoms with Crippen molar-refractivity contribution >= 4 is 5.84 Å². The molecule has 94 valence electrons. The molecular formula is C10H11F3N2O2. The largest absolute Gasteiger partial charge is 0.493 e. The van der Waals surface area contributed by atoms with Crippen LogP contribution in [0, 0.1) is 0 Å². The van der Waals surface area contributed by atoms with Crippen LogP contribution in [0.1, 0.15) is 18.1 Å². The molecule has 0 aromatic heterocycles. The van der Waals surface area contributed by atoms with Crippen molar-refractivity contribution in [1.29, 1.82) is 0 Å². The van der Waals surface area contributed by atoms with Crippen molar-refractivity contribution in [3.05, 3.63) is 29.3 Å². The van der Waals surface area contributed by atoms with Crippen LogP contribution < -0.4 is 10.5 Å². The molecule has 0 atom stereocenters. The Balaban J connectivity index is 3.29. The molecule has 0 amide bonds. The molecule has 0 unspecified atom stereocenters. The summed E-state index contributed by atoms with van der Waals surface area (Å²) in [4.78, 5) is 0. The maximum Gasteiger partial charge on any atom is 0.419 e. The predicted octanol–water partition coefficient (Wildman–Crippen LogP) is 2.20. The van der Waals surface area contributed by atoms with Gasteiger partial charge in [0.15, 0.2) is 5.84 Å². The van der Waals surface area contributed by atoms with E-state index in [1.807, 2.05) is 0 Å². The van der Waals surface area contributed by atoms with E-state index >= 15 is 0 Å². The van der Waals surface area contributed by atoms with Gasteiger partial charge in [0.2, 0.25) is 0 Å². The molecule has 0 aliphatic carbocycles. The lowest BCUT2D eigenvalue weighted by Crippen LogP contribution is -2.16. The van der Waals surface area contributed by atoms with E-state index in [0.29, 0.717) is 0 Å². The molecule has 0 fully saturated rings. The highest BCUT2D eigenvalue weighted by molar-refractivity contribution is 5.97. The molecule has 0 radical (unpaired) electrons. The van der Waals surface area contributed by atoms with Crippen molar-refractivity contribution in [1.82, 2.24) is 0 Å². The molecule has 0 aliphatic heterocycles. The molecule has 0 bridgehead atoms. The smallest absolute Gasteiger partial charge is 0.419 e. The lowest BCUT2D eigenvalue weighted by molar-refractivity contribution is -0.138. The zero-order valence-corrected chi connectivity index (χ0v) is 8.95. The number of halogens is 3. The summed E-state index contributed by atoms with van der Waals surface area (Å²) in [5.41, 5.74) is 4.24. The Morgan fingerprint density at radius 3 is 2.59 bits per heavy atom. The quantitative estimate of drug-likeness (QED) is 0.373.